The first-order valence-corrected chi connectivity index (χ1v) is 8.83. The van der Waals surface area contributed by atoms with Gasteiger partial charge in [-0.1, -0.05) is 30.3 Å². The molecule has 1 aliphatic heterocycles. The summed E-state index contributed by atoms with van der Waals surface area (Å²) < 4.78 is 6.72. The van der Waals surface area contributed by atoms with Crippen molar-refractivity contribution in [2.75, 3.05) is 23.4 Å². The van der Waals surface area contributed by atoms with Crippen LogP contribution in [0.15, 0.2) is 73.1 Å². The number of aromatic nitrogens is 2. The Morgan fingerprint density at radius 2 is 1.89 bits per heavy atom. The molecule has 1 N–H and O–H groups in total. The molecule has 140 valence electrons. The number of carbonyl (C=O) groups excluding carboxylic acids is 2. The van der Waals surface area contributed by atoms with Gasteiger partial charge in [0.05, 0.1) is 29.8 Å². The van der Waals surface area contributed by atoms with Crippen LogP contribution in [0.3, 0.4) is 0 Å². The van der Waals surface area contributed by atoms with Gasteiger partial charge in [0, 0.05) is 17.8 Å². The molecule has 7 nitrogen and oxygen atoms in total. The van der Waals surface area contributed by atoms with E-state index in [0.29, 0.717) is 24.5 Å². The van der Waals surface area contributed by atoms with Gasteiger partial charge in [-0.2, -0.15) is 5.10 Å². The summed E-state index contributed by atoms with van der Waals surface area (Å²) >= 11 is 0. The quantitative estimate of drug-likeness (QED) is 0.694. The second-order valence-corrected chi connectivity index (χ2v) is 6.16. The highest BCUT2D eigenvalue weighted by molar-refractivity contribution is 6.05. The van der Waals surface area contributed by atoms with E-state index in [1.165, 1.54) is 11.0 Å². The summed E-state index contributed by atoms with van der Waals surface area (Å²) in [6.07, 6.45) is 6.24. The van der Waals surface area contributed by atoms with Crippen LogP contribution in [-0.4, -0.2) is 34.9 Å². The maximum Gasteiger partial charge on any atom is 0.414 e. The van der Waals surface area contributed by atoms with Gasteiger partial charge in [0.1, 0.15) is 6.61 Å². The Morgan fingerprint density at radius 3 is 2.68 bits per heavy atom. The number of hydrogen-bond acceptors (Lipinski definition) is 4. The van der Waals surface area contributed by atoms with Crippen LogP contribution in [0.25, 0.3) is 11.8 Å². The van der Waals surface area contributed by atoms with Gasteiger partial charge < -0.3 is 10.1 Å². The van der Waals surface area contributed by atoms with E-state index in [4.69, 9.17) is 4.74 Å². The molecule has 4 rings (SSSR count). The normalized spacial score (nSPS) is 13.7. The number of ether oxygens (including phenoxy) is 1. The third kappa shape index (κ3) is 3.78. The Hall–Kier alpha value is -3.87. The largest absolute Gasteiger partial charge is 0.447 e. The topological polar surface area (TPSA) is 76.5 Å². The molecular weight excluding hydrogens is 356 g/mol. The lowest BCUT2D eigenvalue weighted by atomic mass is 10.2. The molecule has 0 aliphatic carbocycles. The fraction of sp³-hybridized carbons (Fsp3) is 0.0952. The van der Waals surface area contributed by atoms with E-state index in [2.05, 4.69) is 10.4 Å². The molecule has 28 heavy (non-hydrogen) atoms. The molecule has 0 bridgehead atoms. The van der Waals surface area contributed by atoms with Crippen molar-refractivity contribution in [2.45, 2.75) is 0 Å². The van der Waals surface area contributed by atoms with Crippen LogP contribution in [0.2, 0.25) is 0 Å². The Labute approximate surface area is 161 Å². The second-order valence-electron chi connectivity index (χ2n) is 6.16. The maximum atomic E-state index is 12.4. The van der Waals surface area contributed by atoms with Crippen molar-refractivity contribution in [3.8, 4) is 5.69 Å². The number of hydrogen-bond donors (Lipinski definition) is 1. The van der Waals surface area contributed by atoms with Gasteiger partial charge in [-0.3, -0.25) is 9.69 Å². The third-order valence-electron chi connectivity index (χ3n) is 4.26. The third-order valence-corrected chi connectivity index (χ3v) is 4.26. The lowest BCUT2D eigenvalue weighted by molar-refractivity contribution is -0.111. The molecule has 0 unspecified atom stereocenters. The zero-order valence-corrected chi connectivity index (χ0v) is 15.0. The number of benzene rings is 2. The second kappa shape index (κ2) is 7.79. The monoisotopic (exact) mass is 374 g/mol. The van der Waals surface area contributed by atoms with Crippen molar-refractivity contribution in [1.82, 2.24) is 9.78 Å². The average molecular weight is 374 g/mol. The Kier molecular flexibility index (Phi) is 4.88. The van der Waals surface area contributed by atoms with Crippen molar-refractivity contribution in [2.24, 2.45) is 0 Å². The van der Waals surface area contributed by atoms with Crippen LogP contribution in [0.1, 0.15) is 5.56 Å². The summed E-state index contributed by atoms with van der Waals surface area (Å²) in [6, 6.07) is 16.9. The minimum absolute atomic E-state index is 0.299. The minimum atomic E-state index is -0.412. The number of nitrogens with zero attached hydrogens (tertiary/aromatic N) is 3. The highest BCUT2D eigenvalue weighted by Crippen LogP contribution is 2.28. The molecular formula is C21H18N4O3. The van der Waals surface area contributed by atoms with E-state index in [1.54, 1.807) is 35.2 Å². The first kappa shape index (κ1) is 17.5. The molecule has 1 aliphatic rings. The molecule has 3 aromatic rings. The van der Waals surface area contributed by atoms with Gasteiger partial charge in [-0.05, 0) is 30.3 Å². The predicted molar refractivity (Wildman–Crippen MR) is 106 cm³/mol. The number of amides is 2. The van der Waals surface area contributed by atoms with Crippen molar-refractivity contribution < 1.29 is 14.3 Å². The van der Waals surface area contributed by atoms with E-state index in [1.807, 2.05) is 42.6 Å². The highest BCUT2D eigenvalue weighted by Gasteiger charge is 2.25. The first-order valence-electron chi connectivity index (χ1n) is 8.83. The van der Waals surface area contributed by atoms with Gasteiger partial charge in [0.25, 0.3) is 0 Å². The van der Waals surface area contributed by atoms with Gasteiger partial charge in [-0.25, -0.2) is 9.48 Å². The van der Waals surface area contributed by atoms with Crippen LogP contribution in [0.5, 0.6) is 0 Å². The molecule has 2 aromatic carbocycles. The number of rotatable bonds is 5. The van der Waals surface area contributed by atoms with Crippen molar-refractivity contribution in [1.29, 1.82) is 0 Å². The molecule has 1 fully saturated rings. The zero-order chi connectivity index (χ0) is 19.3. The van der Waals surface area contributed by atoms with Crippen LogP contribution >= 0.6 is 0 Å². The highest BCUT2D eigenvalue weighted by atomic mass is 16.6. The number of para-hydroxylation sites is 3. The summed E-state index contributed by atoms with van der Waals surface area (Å²) in [7, 11) is 0. The van der Waals surface area contributed by atoms with Crippen LogP contribution in [-0.2, 0) is 9.53 Å². The summed E-state index contributed by atoms with van der Waals surface area (Å²) in [5.41, 5.74) is 2.91. The Morgan fingerprint density at radius 1 is 1.11 bits per heavy atom. The van der Waals surface area contributed by atoms with Crippen LogP contribution < -0.4 is 10.2 Å². The summed E-state index contributed by atoms with van der Waals surface area (Å²) in [5, 5.41) is 7.11. The van der Waals surface area contributed by atoms with E-state index < -0.39 is 6.09 Å². The van der Waals surface area contributed by atoms with Crippen molar-refractivity contribution >= 4 is 29.5 Å². The van der Waals surface area contributed by atoms with Gasteiger partial charge >= 0.3 is 6.09 Å². The molecule has 0 saturated carbocycles. The molecule has 2 heterocycles. The predicted octanol–water partition coefficient (Wildman–Crippen LogP) is 3.48. The minimum Gasteiger partial charge on any atom is -0.447 e. The van der Waals surface area contributed by atoms with E-state index >= 15 is 0 Å². The van der Waals surface area contributed by atoms with Gasteiger partial charge in [0.15, 0.2) is 0 Å². The fourth-order valence-corrected chi connectivity index (χ4v) is 2.92. The first-order chi connectivity index (χ1) is 13.7. The zero-order valence-electron chi connectivity index (χ0n) is 15.0. The lowest BCUT2D eigenvalue weighted by Crippen LogP contribution is -2.25. The molecule has 1 saturated heterocycles. The Bertz CT molecular complexity index is 1030. The van der Waals surface area contributed by atoms with Crippen molar-refractivity contribution in [3.05, 3.63) is 78.6 Å². The van der Waals surface area contributed by atoms with Gasteiger partial charge in [0.2, 0.25) is 5.91 Å². The summed E-state index contributed by atoms with van der Waals surface area (Å²) in [5.74, 6) is -0.299. The molecule has 0 radical (unpaired) electrons. The van der Waals surface area contributed by atoms with Gasteiger partial charge in [-0.15, -0.1) is 0 Å². The summed E-state index contributed by atoms with van der Waals surface area (Å²) in [4.78, 5) is 25.7. The van der Waals surface area contributed by atoms with E-state index in [-0.39, 0.29) is 5.91 Å². The fourth-order valence-electron chi connectivity index (χ4n) is 2.92. The molecule has 0 spiro atoms. The number of anilines is 2. The van der Waals surface area contributed by atoms with Crippen LogP contribution in [0, 0.1) is 0 Å². The standard InChI is InChI=1S/C21H18N4O3/c26-20(11-10-16-14-22-25(15-16)17-6-2-1-3-7-17)23-18-8-4-5-9-19(18)24-12-13-28-21(24)27/h1-11,14-15H,12-13H2,(H,23,26)/b11-10+. The smallest absolute Gasteiger partial charge is 0.414 e. The molecule has 2 amide bonds. The lowest BCUT2D eigenvalue weighted by Gasteiger charge is -2.17. The number of cyclic esters (lactones) is 1. The number of carbonyl (C=O) groups is 2. The van der Waals surface area contributed by atoms with Crippen LogP contribution in [0.4, 0.5) is 16.2 Å². The molecule has 1 aromatic heterocycles. The Balaban J connectivity index is 1.45. The van der Waals surface area contributed by atoms with Crippen molar-refractivity contribution in [3.63, 3.8) is 0 Å². The molecule has 7 heteroatoms. The summed E-state index contributed by atoms with van der Waals surface area (Å²) in [6.45, 7) is 0.798. The number of nitrogens with one attached hydrogen (secondary N) is 1. The molecule has 0 atom stereocenters. The SMILES string of the molecule is O=C(/C=C/c1cnn(-c2ccccc2)c1)Nc1ccccc1N1CCOC1=O. The average Bonchev–Trinajstić information content (AvgIpc) is 3.37. The maximum absolute atomic E-state index is 12.4. The van der Waals surface area contributed by atoms with E-state index in [9.17, 15) is 9.59 Å². The van der Waals surface area contributed by atoms with E-state index in [0.717, 1.165) is 11.3 Å².